The van der Waals surface area contributed by atoms with Crippen LogP contribution in [0.1, 0.15) is 24.0 Å². The van der Waals surface area contributed by atoms with E-state index in [1.807, 2.05) is 49.4 Å². The van der Waals surface area contributed by atoms with Crippen LogP contribution in [0.3, 0.4) is 0 Å². The van der Waals surface area contributed by atoms with Crippen molar-refractivity contribution >= 4 is 10.8 Å². The highest BCUT2D eigenvalue weighted by Crippen LogP contribution is 2.37. The molecule has 0 fully saturated rings. The van der Waals surface area contributed by atoms with E-state index in [1.165, 1.54) is 5.56 Å². The highest BCUT2D eigenvalue weighted by molar-refractivity contribution is 5.89. The number of fused-ring (bicyclic) bond motifs is 1. The predicted molar refractivity (Wildman–Crippen MR) is 88.7 cm³/mol. The van der Waals surface area contributed by atoms with E-state index in [0.29, 0.717) is 5.75 Å². The van der Waals surface area contributed by atoms with Gasteiger partial charge in [-0.05, 0) is 29.3 Å². The minimum absolute atomic E-state index is 0.0577. The molecule has 0 bridgehead atoms. The molecule has 0 heterocycles. The van der Waals surface area contributed by atoms with Gasteiger partial charge in [-0.15, -0.1) is 0 Å². The van der Waals surface area contributed by atoms with Gasteiger partial charge in [0.25, 0.3) is 0 Å². The SMILES string of the molecule is C/C=C/[C@H](c1ccccc1)c1c(O)ccc2ccccc12. The number of hydrogen-bond donors (Lipinski definition) is 1. The molecule has 3 aromatic carbocycles. The molecule has 3 rings (SSSR count). The molecule has 0 aromatic heterocycles. The quantitative estimate of drug-likeness (QED) is 0.646. The van der Waals surface area contributed by atoms with Crippen molar-refractivity contribution in [3.8, 4) is 5.75 Å². The zero-order chi connectivity index (χ0) is 14.7. The number of rotatable bonds is 3. The van der Waals surface area contributed by atoms with E-state index in [9.17, 15) is 5.11 Å². The highest BCUT2D eigenvalue weighted by atomic mass is 16.3. The molecule has 1 nitrogen and oxygen atoms in total. The fraction of sp³-hybridized carbons (Fsp3) is 0.100. The average molecular weight is 274 g/mol. The van der Waals surface area contributed by atoms with Gasteiger partial charge in [0.2, 0.25) is 0 Å². The lowest BCUT2D eigenvalue weighted by Crippen LogP contribution is -1.99. The summed E-state index contributed by atoms with van der Waals surface area (Å²) < 4.78 is 0. The summed E-state index contributed by atoms with van der Waals surface area (Å²) in [6, 6.07) is 22.2. The van der Waals surface area contributed by atoms with Crippen LogP contribution < -0.4 is 0 Å². The first-order valence-electron chi connectivity index (χ1n) is 7.19. The Hall–Kier alpha value is -2.54. The van der Waals surface area contributed by atoms with E-state index in [4.69, 9.17) is 0 Å². The van der Waals surface area contributed by atoms with Gasteiger partial charge in [-0.1, -0.05) is 72.8 Å². The molecule has 0 aliphatic heterocycles. The number of benzene rings is 3. The van der Waals surface area contributed by atoms with Crippen LogP contribution >= 0.6 is 0 Å². The zero-order valence-electron chi connectivity index (χ0n) is 12.0. The van der Waals surface area contributed by atoms with Crippen LogP contribution in [0, 0.1) is 0 Å². The van der Waals surface area contributed by atoms with Gasteiger partial charge >= 0.3 is 0 Å². The van der Waals surface area contributed by atoms with Crippen LogP contribution in [0.2, 0.25) is 0 Å². The maximum absolute atomic E-state index is 10.4. The molecular weight excluding hydrogens is 256 g/mol. The first-order valence-corrected chi connectivity index (χ1v) is 7.19. The van der Waals surface area contributed by atoms with Gasteiger partial charge in [0.1, 0.15) is 5.75 Å². The number of hydrogen-bond acceptors (Lipinski definition) is 1. The van der Waals surface area contributed by atoms with Gasteiger partial charge in [0.05, 0.1) is 0 Å². The summed E-state index contributed by atoms with van der Waals surface area (Å²) in [4.78, 5) is 0. The molecule has 0 amide bonds. The predicted octanol–water partition coefficient (Wildman–Crippen LogP) is 5.25. The van der Waals surface area contributed by atoms with Crippen molar-refractivity contribution < 1.29 is 5.11 Å². The third-order valence-corrected chi connectivity index (χ3v) is 3.80. The van der Waals surface area contributed by atoms with Gasteiger partial charge in [-0.3, -0.25) is 0 Å². The van der Waals surface area contributed by atoms with Crippen LogP contribution in [0.5, 0.6) is 5.75 Å². The maximum Gasteiger partial charge on any atom is 0.120 e. The van der Waals surface area contributed by atoms with E-state index in [0.717, 1.165) is 16.3 Å². The molecule has 0 aliphatic rings. The summed E-state index contributed by atoms with van der Waals surface area (Å²) >= 11 is 0. The molecule has 0 unspecified atom stereocenters. The van der Waals surface area contributed by atoms with Gasteiger partial charge in [-0.25, -0.2) is 0 Å². The normalized spacial score (nSPS) is 12.8. The van der Waals surface area contributed by atoms with Crippen LogP contribution in [0.25, 0.3) is 10.8 Å². The Labute approximate surface area is 125 Å². The standard InChI is InChI=1S/C20H18O/c1-2-8-17(15-9-4-3-5-10-15)20-18-12-7-6-11-16(18)13-14-19(20)21/h2-14,17,21H,1H3/b8-2+/t17-/m1/s1. The van der Waals surface area contributed by atoms with Crippen molar-refractivity contribution in [3.63, 3.8) is 0 Å². The molecule has 3 aromatic rings. The first kappa shape index (κ1) is 13.4. The fourth-order valence-corrected chi connectivity index (χ4v) is 2.84. The third kappa shape index (κ3) is 2.55. The lowest BCUT2D eigenvalue weighted by atomic mass is 9.87. The van der Waals surface area contributed by atoms with E-state index >= 15 is 0 Å². The van der Waals surface area contributed by atoms with Crippen molar-refractivity contribution in [1.82, 2.24) is 0 Å². The van der Waals surface area contributed by atoms with Gasteiger partial charge in [-0.2, -0.15) is 0 Å². The molecule has 1 heteroatoms. The average Bonchev–Trinajstić information content (AvgIpc) is 2.54. The summed E-state index contributed by atoms with van der Waals surface area (Å²) in [5, 5.41) is 12.7. The maximum atomic E-state index is 10.4. The van der Waals surface area contributed by atoms with Crippen LogP contribution in [-0.4, -0.2) is 5.11 Å². The van der Waals surface area contributed by atoms with Crippen LogP contribution in [0.15, 0.2) is 78.9 Å². The van der Waals surface area contributed by atoms with Crippen molar-refractivity contribution in [2.45, 2.75) is 12.8 Å². The number of aromatic hydroxyl groups is 1. The summed E-state index contributed by atoms with van der Waals surface area (Å²) in [5.74, 6) is 0.406. The van der Waals surface area contributed by atoms with E-state index in [-0.39, 0.29) is 5.92 Å². The molecule has 1 atom stereocenters. The lowest BCUT2D eigenvalue weighted by molar-refractivity contribution is 0.469. The van der Waals surface area contributed by atoms with Gasteiger partial charge in [0, 0.05) is 11.5 Å². The zero-order valence-corrected chi connectivity index (χ0v) is 12.0. The second-order valence-electron chi connectivity index (χ2n) is 5.13. The fourth-order valence-electron chi connectivity index (χ4n) is 2.84. The van der Waals surface area contributed by atoms with Gasteiger partial charge < -0.3 is 5.11 Å². The molecular formula is C20H18O. The third-order valence-electron chi connectivity index (χ3n) is 3.80. The Bertz CT molecular complexity index is 772. The Morgan fingerprint density at radius 2 is 1.57 bits per heavy atom. The first-order chi connectivity index (χ1) is 10.3. The molecule has 104 valence electrons. The summed E-state index contributed by atoms with van der Waals surface area (Å²) in [6.07, 6.45) is 4.18. The van der Waals surface area contributed by atoms with Crippen molar-refractivity contribution in [3.05, 3.63) is 90.0 Å². The van der Waals surface area contributed by atoms with Crippen LogP contribution in [-0.2, 0) is 0 Å². The smallest absolute Gasteiger partial charge is 0.120 e. The minimum Gasteiger partial charge on any atom is -0.508 e. The van der Waals surface area contributed by atoms with E-state index in [1.54, 1.807) is 6.07 Å². The Morgan fingerprint density at radius 3 is 2.33 bits per heavy atom. The molecule has 21 heavy (non-hydrogen) atoms. The van der Waals surface area contributed by atoms with Crippen molar-refractivity contribution in [1.29, 1.82) is 0 Å². The van der Waals surface area contributed by atoms with E-state index < -0.39 is 0 Å². The molecule has 1 N–H and O–H groups in total. The Kier molecular flexibility index (Phi) is 3.74. The summed E-state index contributed by atoms with van der Waals surface area (Å²) in [7, 11) is 0. The van der Waals surface area contributed by atoms with Gasteiger partial charge in [0.15, 0.2) is 0 Å². The summed E-state index contributed by atoms with van der Waals surface area (Å²) in [5.41, 5.74) is 2.15. The molecule has 0 saturated carbocycles. The highest BCUT2D eigenvalue weighted by Gasteiger charge is 2.17. The number of phenolic OH excluding ortho intramolecular Hbond substituents is 1. The molecule has 0 spiro atoms. The van der Waals surface area contributed by atoms with Crippen molar-refractivity contribution in [2.75, 3.05) is 0 Å². The van der Waals surface area contributed by atoms with Crippen molar-refractivity contribution in [2.24, 2.45) is 0 Å². The number of allylic oxidation sites excluding steroid dienone is 2. The Morgan fingerprint density at radius 1 is 0.857 bits per heavy atom. The topological polar surface area (TPSA) is 20.2 Å². The molecule has 0 radical (unpaired) electrons. The second-order valence-corrected chi connectivity index (χ2v) is 5.13. The number of phenols is 1. The monoisotopic (exact) mass is 274 g/mol. The lowest BCUT2D eigenvalue weighted by Gasteiger charge is -2.18. The van der Waals surface area contributed by atoms with E-state index in [2.05, 4.69) is 30.3 Å². The Balaban J connectivity index is 2.27. The minimum atomic E-state index is 0.0577. The second kappa shape index (κ2) is 5.84. The largest absolute Gasteiger partial charge is 0.508 e. The molecule has 0 saturated heterocycles. The summed E-state index contributed by atoms with van der Waals surface area (Å²) in [6.45, 7) is 2.01. The van der Waals surface area contributed by atoms with Crippen LogP contribution in [0.4, 0.5) is 0 Å². The molecule has 0 aliphatic carbocycles.